The summed E-state index contributed by atoms with van der Waals surface area (Å²) in [6, 6.07) is 12.7. The first-order valence-corrected chi connectivity index (χ1v) is 7.46. The van der Waals surface area contributed by atoms with Crippen LogP contribution < -0.4 is 10.6 Å². The van der Waals surface area contributed by atoms with Gasteiger partial charge in [0, 0.05) is 25.1 Å². The summed E-state index contributed by atoms with van der Waals surface area (Å²) in [6.45, 7) is 0.964. The van der Waals surface area contributed by atoms with E-state index in [4.69, 9.17) is 0 Å². The summed E-state index contributed by atoms with van der Waals surface area (Å²) >= 11 is 0. The van der Waals surface area contributed by atoms with Crippen molar-refractivity contribution < 1.29 is 4.79 Å². The van der Waals surface area contributed by atoms with Crippen LogP contribution in [0.1, 0.15) is 21.7 Å². The lowest BCUT2D eigenvalue weighted by molar-refractivity contribution is 0.0945. The van der Waals surface area contributed by atoms with Gasteiger partial charge in [-0.2, -0.15) is 0 Å². The number of carbonyl (C=O) groups excluding carboxylic acids is 1. The molecule has 0 aliphatic rings. The lowest BCUT2D eigenvalue weighted by atomic mass is 10.2. The van der Waals surface area contributed by atoms with Crippen molar-refractivity contribution in [3.63, 3.8) is 0 Å². The average molecular weight is 320 g/mol. The fourth-order valence-corrected chi connectivity index (χ4v) is 2.01. The Bertz CT molecular complexity index is 777. The van der Waals surface area contributed by atoms with Crippen LogP contribution in [0.5, 0.6) is 0 Å². The number of pyridine rings is 2. The van der Waals surface area contributed by atoms with E-state index in [0.717, 1.165) is 11.3 Å². The van der Waals surface area contributed by atoms with Crippen LogP contribution in [0.3, 0.4) is 0 Å². The van der Waals surface area contributed by atoms with Crippen molar-refractivity contribution >= 4 is 11.7 Å². The highest BCUT2D eigenvalue weighted by atomic mass is 16.1. The molecule has 0 aliphatic carbocycles. The number of amides is 1. The smallest absolute Gasteiger partial charge is 0.272 e. The molecule has 7 nitrogen and oxygen atoms in total. The van der Waals surface area contributed by atoms with E-state index in [1.54, 1.807) is 30.7 Å². The van der Waals surface area contributed by atoms with Crippen LogP contribution in [0.4, 0.5) is 5.82 Å². The first-order valence-electron chi connectivity index (χ1n) is 7.46. The van der Waals surface area contributed by atoms with Crippen molar-refractivity contribution in [3.8, 4) is 0 Å². The predicted molar refractivity (Wildman–Crippen MR) is 89.0 cm³/mol. The Morgan fingerprint density at radius 1 is 0.917 bits per heavy atom. The third kappa shape index (κ3) is 4.33. The SMILES string of the molecule is O=C(NCc1ccncc1)c1ccc(NCc2ccccn2)nn1. The summed E-state index contributed by atoms with van der Waals surface area (Å²) in [5, 5.41) is 13.9. The number of nitrogens with one attached hydrogen (secondary N) is 2. The topological polar surface area (TPSA) is 92.7 Å². The summed E-state index contributed by atoms with van der Waals surface area (Å²) < 4.78 is 0. The molecule has 0 saturated heterocycles. The van der Waals surface area contributed by atoms with Gasteiger partial charge in [0.2, 0.25) is 0 Å². The van der Waals surface area contributed by atoms with Crippen LogP contribution in [0.2, 0.25) is 0 Å². The van der Waals surface area contributed by atoms with Gasteiger partial charge in [-0.3, -0.25) is 14.8 Å². The van der Waals surface area contributed by atoms with Gasteiger partial charge in [-0.25, -0.2) is 0 Å². The summed E-state index contributed by atoms with van der Waals surface area (Å²) in [5.74, 6) is 0.321. The number of carbonyl (C=O) groups is 1. The van der Waals surface area contributed by atoms with Gasteiger partial charge < -0.3 is 10.6 Å². The van der Waals surface area contributed by atoms with Crippen molar-refractivity contribution in [3.05, 3.63) is 78.0 Å². The van der Waals surface area contributed by atoms with Crippen LogP contribution >= 0.6 is 0 Å². The van der Waals surface area contributed by atoms with E-state index in [0.29, 0.717) is 18.9 Å². The minimum atomic E-state index is -0.268. The molecule has 2 N–H and O–H groups in total. The number of hydrogen-bond donors (Lipinski definition) is 2. The highest BCUT2D eigenvalue weighted by Gasteiger charge is 2.08. The Kier molecular flexibility index (Phi) is 5.03. The summed E-state index contributed by atoms with van der Waals surface area (Å²) in [7, 11) is 0. The second-order valence-corrected chi connectivity index (χ2v) is 5.02. The van der Waals surface area contributed by atoms with Gasteiger partial charge in [0.05, 0.1) is 12.2 Å². The van der Waals surface area contributed by atoms with E-state index in [9.17, 15) is 4.79 Å². The quantitative estimate of drug-likeness (QED) is 0.719. The third-order valence-corrected chi connectivity index (χ3v) is 3.28. The zero-order valence-electron chi connectivity index (χ0n) is 12.9. The summed E-state index contributed by atoms with van der Waals surface area (Å²) in [5.41, 5.74) is 2.14. The lowest BCUT2D eigenvalue weighted by Gasteiger charge is -2.06. The number of hydrogen-bond acceptors (Lipinski definition) is 6. The molecule has 7 heteroatoms. The third-order valence-electron chi connectivity index (χ3n) is 3.28. The van der Waals surface area contributed by atoms with E-state index in [1.807, 2.05) is 30.3 Å². The molecule has 0 saturated carbocycles. The maximum absolute atomic E-state index is 12.0. The Hall–Kier alpha value is -3.35. The molecule has 0 atom stereocenters. The number of anilines is 1. The summed E-state index contributed by atoms with van der Waals surface area (Å²) in [6.07, 6.45) is 5.10. The molecule has 0 aromatic carbocycles. The average Bonchev–Trinajstić information content (AvgIpc) is 2.66. The second kappa shape index (κ2) is 7.77. The first kappa shape index (κ1) is 15.5. The van der Waals surface area contributed by atoms with Gasteiger partial charge in [-0.05, 0) is 42.0 Å². The number of nitrogens with zero attached hydrogens (tertiary/aromatic N) is 4. The molecule has 1 amide bonds. The number of aromatic nitrogens is 4. The van der Waals surface area contributed by atoms with Gasteiger partial charge in [-0.1, -0.05) is 6.07 Å². The fraction of sp³-hybridized carbons (Fsp3) is 0.118. The fourth-order valence-electron chi connectivity index (χ4n) is 2.01. The molecule has 0 aliphatic heterocycles. The molecule has 0 spiro atoms. The summed E-state index contributed by atoms with van der Waals surface area (Å²) in [4.78, 5) is 20.2. The van der Waals surface area contributed by atoms with E-state index in [-0.39, 0.29) is 11.6 Å². The molecule has 0 unspecified atom stereocenters. The molecule has 0 radical (unpaired) electrons. The van der Waals surface area contributed by atoms with Crippen molar-refractivity contribution in [2.75, 3.05) is 5.32 Å². The zero-order chi connectivity index (χ0) is 16.6. The Morgan fingerprint density at radius 2 is 1.79 bits per heavy atom. The van der Waals surface area contributed by atoms with Crippen molar-refractivity contribution in [2.24, 2.45) is 0 Å². The first-order chi connectivity index (χ1) is 11.8. The molecule has 3 aromatic rings. The van der Waals surface area contributed by atoms with Crippen LogP contribution in [0, 0.1) is 0 Å². The van der Waals surface area contributed by atoms with Gasteiger partial charge in [-0.15, -0.1) is 10.2 Å². The standard InChI is InChI=1S/C17H16N6O/c24-17(21-11-13-6-9-18-10-7-13)15-4-5-16(23-22-15)20-12-14-3-1-2-8-19-14/h1-10H,11-12H2,(H,20,23)(H,21,24). The molecule has 3 heterocycles. The molecule has 120 valence electrons. The Morgan fingerprint density at radius 3 is 2.50 bits per heavy atom. The van der Waals surface area contributed by atoms with Crippen LogP contribution in [-0.2, 0) is 13.1 Å². The largest absolute Gasteiger partial charge is 0.363 e. The Balaban J connectivity index is 1.53. The molecule has 3 aromatic heterocycles. The Labute approximate surface area is 139 Å². The van der Waals surface area contributed by atoms with Gasteiger partial charge in [0.1, 0.15) is 5.82 Å². The van der Waals surface area contributed by atoms with E-state index >= 15 is 0 Å². The highest BCUT2D eigenvalue weighted by Crippen LogP contribution is 2.05. The van der Waals surface area contributed by atoms with Crippen LogP contribution in [0.15, 0.2) is 61.1 Å². The highest BCUT2D eigenvalue weighted by molar-refractivity contribution is 5.92. The van der Waals surface area contributed by atoms with E-state index in [2.05, 4.69) is 30.8 Å². The van der Waals surface area contributed by atoms with Crippen LogP contribution in [-0.4, -0.2) is 26.1 Å². The maximum atomic E-state index is 12.0. The molecular weight excluding hydrogens is 304 g/mol. The van der Waals surface area contributed by atoms with Gasteiger partial charge in [0.15, 0.2) is 5.69 Å². The monoisotopic (exact) mass is 320 g/mol. The number of rotatable bonds is 6. The normalized spacial score (nSPS) is 10.2. The van der Waals surface area contributed by atoms with E-state index in [1.165, 1.54) is 0 Å². The molecule has 0 fully saturated rings. The zero-order valence-corrected chi connectivity index (χ0v) is 12.9. The minimum absolute atomic E-state index is 0.268. The molecule has 24 heavy (non-hydrogen) atoms. The molecule has 0 bridgehead atoms. The second-order valence-electron chi connectivity index (χ2n) is 5.02. The van der Waals surface area contributed by atoms with Crippen molar-refractivity contribution in [2.45, 2.75) is 13.1 Å². The minimum Gasteiger partial charge on any atom is -0.363 e. The lowest BCUT2D eigenvalue weighted by Crippen LogP contribution is -2.24. The predicted octanol–water partition coefficient (Wildman–Crippen LogP) is 1.81. The van der Waals surface area contributed by atoms with Gasteiger partial charge in [0.25, 0.3) is 5.91 Å². The van der Waals surface area contributed by atoms with Gasteiger partial charge >= 0.3 is 0 Å². The van der Waals surface area contributed by atoms with Crippen molar-refractivity contribution in [1.82, 2.24) is 25.5 Å². The molecular formula is C17H16N6O. The van der Waals surface area contributed by atoms with Crippen molar-refractivity contribution in [1.29, 1.82) is 0 Å². The molecule has 3 rings (SSSR count). The van der Waals surface area contributed by atoms with Crippen LogP contribution in [0.25, 0.3) is 0 Å². The maximum Gasteiger partial charge on any atom is 0.272 e. The van der Waals surface area contributed by atoms with E-state index < -0.39 is 0 Å².